The number of rotatable bonds is 2. The Balaban J connectivity index is 1.94. The first-order valence-electron chi connectivity index (χ1n) is 8.12. The van der Waals surface area contributed by atoms with E-state index in [1.54, 1.807) is 6.26 Å². The van der Waals surface area contributed by atoms with E-state index in [0.29, 0.717) is 5.92 Å². The maximum absolute atomic E-state index is 11.5. The molecule has 23 heavy (non-hydrogen) atoms. The van der Waals surface area contributed by atoms with Crippen molar-refractivity contribution in [1.82, 2.24) is 0 Å². The van der Waals surface area contributed by atoms with Crippen molar-refractivity contribution < 1.29 is 23.8 Å². The molecule has 0 aromatic carbocycles. The topological polar surface area (TPSA) is 61.8 Å². The average molecular weight is 320 g/mol. The van der Waals surface area contributed by atoms with Gasteiger partial charge in [0.05, 0.1) is 12.2 Å². The molecule has 0 saturated heterocycles. The maximum atomic E-state index is 11.5. The SMILES string of the molecule is C=C1CC[C@H]2[C@@H]([C@H]3C(C)=CO[C@H](OC(C)=O)[C@@H]13)[C@@]2(C)OC(C)=O. The van der Waals surface area contributed by atoms with Crippen LogP contribution in [0.15, 0.2) is 24.0 Å². The highest BCUT2D eigenvalue weighted by Crippen LogP contribution is 2.66. The van der Waals surface area contributed by atoms with Crippen molar-refractivity contribution in [1.29, 1.82) is 0 Å². The molecule has 2 fully saturated rings. The Kier molecular flexibility index (Phi) is 3.77. The van der Waals surface area contributed by atoms with Gasteiger partial charge in [-0.05, 0) is 32.3 Å². The lowest BCUT2D eigenvalue weighted by molar-refractivity contribution is -0.181. The molecule has 1 heterocycles. The Morgan fingerprint density at radius 1 is 1.30 bits per heavy atom. The molecule has 0 bridgehead atoms. The lowest BCUT2D eigenvalue weighted by Crippen LogP contribution is -2.40. The van der Waals surface area contributed by atoms with E-state index in [1.807, 2.05) is 13.8 Å². The van der Waals surface area contributed by atoms with Gasteiger partial charge in [-0.25, -0.2) is 0 Å². The smallest absolute Gasteiger partial charge is 0.305 e. The van der Waals surface area contributed by atoms with Crippen molar-refractivity contribution in [3.8, 4) is 0 Å². The van der Waals surface area contributed by atoms with Gasteiger partial charge in [0.25, 0.3) is 0 Å². The predicted molar refractivity (Wildman–Crippen MR) is 82.9 cm³/mol. The van der Waals surface area contributed by atoms with E-state index in [0.717, 1.165) is 24.0 Å². The number of carbonyl (C=O) groups is 2. The Morgan fingerprint density at radius 2 is 2.00 bits per heavy atom. The van der Waals surface area contributed by atoms with E-state index >= 15 is 0 Å². The van der Waals surface area contributed by atoms with Gasteiger partial charge < -0.3 is 14.2 Å². The molecule has 0 spiro atoms. The number of fused-ring (bicyclic) bond motifs is 3. The minimum Gasteiger partial charge on any atom is -0.462 e. The Labute approximate surface area is 136 Å². The Hall–Kier alpha value is -1.78. The number of ether oxygens (including phenoxy) is 3. The molecule has 5 heteroatoms. The summed E-state index contributed by atoms with van der Waals surface area (Å²) in [7, 11) is 0. The highest BCUT2D eigenvalue weighted by molar-refractivity contribution is 5.67. The van der Waals surface area contributed by atoms with Gasteiger partial charge in [-0.1, -0.05) is 12.2 Å². The molecular formula is C18H24O5. The van der Waals surface area contributed by atoms with E-state index in [2.05, 4.69) is 6.58 Å². The van der Waals surface area contributed by atoms with Crippen LogP contribution in [0.1, 0.15) is 40.5 Å². The van der Waals surface area contributed by atoms with Crippen LogP contribution in [0.5, 0.6) is 0 Å². The highest BCUT2D eigenvalue weighted by atomic mass is 16.7. The van der Waals surface area contributed by atoms with Crippen LogP contribution in [0.2, 0.25) is 0 Å². The third-order valence-corrected chi connectivity index (χ3v) is 5.60. The minimum absolute atomic E-state index is 0.0868. The third kappa shape index (κ3) is 2.56. The first-order chi connectivity index (χ1) is 10.8. The number of hydrogen-bond donors (Lipinski definition) is 0. The summed E-state index contributed by atoms with van der Waals surface area (Å²) >= 11 is 0. The summed E-state index contributed by atoms with van der Waals surface area (Å²) in [5.41, 5.74) is 1.70. The van der Waals surface area contributed by atoms with Crippen LogP contribution in [-0.2, 0) is 23.8 Å². The first kappa shape index (κ1) is 16.1. The van der Waals surface area contributed by atoms with Gasteiger partial charge in [0.2, 0.25) is 6.29 Å². The van der Waals surface area contributed by atoms with E-state index in [-0.39, 0.29) is 29.7 Å². The normalized spacial score (nSPS) is 41.5. The molecule has 2 saturated carbocycles. The molecule has 0 radical (unpaired) electrons. The minimum atomic E-state index is -0.644. The molecular weight excluding hydrogens is 296 g/mol. The lowest BCUT2D eigenvalue weighted by Gasteiger charge is -2.38. The molecule has 126 valence electrons. The fourth-order valence-electron chi connectivity index (χ4n) is 4.65. The van der Waals surface area contributed by atoms with Crippen molar-refractivity contribution in [2.24, 2.45) is 23.7 Å². The molecule has 6 atom stereocenters. The second kappa shape index (κ2) is 5.39. The van der Waals surface area contributed by atoms with Crippen molar-refractivity contribution in [2.45, 2.75) is 52.4 Å². The standard InChI is InChI=1S/C18H24O5/c1-9-6-7-13-16(18(13,5)23-12(4)20)14-10(2)8-21-17(15(9)14)22-11(3)19/h8,13-17H,1,6-7H2,2-5H3/t13-,14-,15-,16-,17+,18-/m0/s1. The molecule has 0 amide bonds. The van der Waals surface area contributed by atoms with Gasteiger partial charge in [0.15, 0.2) is 0 Å². The van der Waals surface area contributed by atoms with Crippen LogP contribution >= 0.6 is 0 Å². The number of esters is 2. The molecule has 2 aliphatic carbocycles. The number of hydrogen-bond acceptors (Lipinski definition) is 5. The van der Waals surface area contributed by atoms with Gasteiger partial charge in [-0.15, -0.1) is 0 Å². The van der Waals surface area contributed by atoms with Crippen molar-refractivity contribution in [3.63, 3.8) is 0 Å². The zero-order valence-electron chi connectivity index (χ0n) is 14.1. The molecule has 0 unspecified atom stereocenters. The molecule has 0 N–H and O–H groups in total. The van der Waals surface area contributed by atoms with Gasteiger partial charge in [0.1, 0.15) is 5.60 Å². The van der Waals surface area contributed by atoms with Crippen molar-refractivity contribution in [2.75, 3.05) is 0 Å². The molecule has 3 aliphatic rings. The van der Waals surface area contributed by atoms with E-state index in [4.69, 9.17) is 14.2 Å². The summed E-state index contributed by atoms with van der Waals surface area (Å²) < 4.78 is 16.7. The van der Waals surface area contributed by atoms with E-state index < -0.39 is 11.9 Å². The molecule has 0 aromatic heterocycles. The van der Waals surface area contributed by atoms with E-state index in [1.165, 1.54) is 13.8 Å². The molecule has 5 nitrogen and oxygen atoms in total. The zero-order valence-corrected chi connectivity index (χ0v) is 14.1. The van der Waals surface area contributed by atoms with E-state index in [9.17, 15) is 9.59 Å². The third-order valence-electron chi connectivity index (χ3n) is 5.60. The average Bonchev–Trinajstić information content (AvgIpc) is 3.03. The summed E-state index contributed by atoms with van der Waals surface area (Å²) in [4.78, 5) is 22.9. The zero-order chi connectivity index (χ0) is 16.9. The second-order valence-corrected chi connectivity index (χ2v) is 7.13. The summed E-state index contributed by atoms with van der Waals surface area (Å²) in [6, 6.07) is 0. The lowest BCUT2D eigenvalue weighted by atomic mass is 9.76. The fraction of sp³-hybridized carbons (Fsp3) is 0.667. The Bertz CT molecular complexity index is 592. The van der Waals surface area contributed by atoms with Crippen LogP contribution in [0, 0.1) is 23.7 Å². The fourth-order valence-corrected chi connectivity index (χ4v) is 4.65. The van der Waals surface area contributed by atoms with Gasteiger partial charge in [-0.3, -0.25) is 9.59 Å². The van der Waals surface area contributed by atoms with Crippen LogP contribution in [0.3, 0.4) is 0 Å². The molecule has 0 aromatic rings. The van der Waals surface area contributed by atoms with Crippen LogP contribution in [0.25, 0.3) is 0 Å². The number of allylic oxidation sites excluding steroid dienone is 1. The van der Waals surface area contributed by atoms with Crippen molar-refractivity contribution >= 4 is 11.9 Å². The quantitative estimate of drug-likeness (QED) is 0.578. The van der Waals surface area contributed by atoms with Crippen LogP contribution < -0.4 is 0 Å². The van der Waals surface area contributed by atoms with Gasteiger partial charge >= 0.3 is 11.9 Å². The number of carbonyl (C=O) groups excluding carboxylic acids is 2. The second-order valence-electron chi connectivity index (χ2n) is 7.13. The maximum Gasteiger partial charge on any atom is 0.305 e. The molecule has 3 rings (SSSR count). The van der Waals surface area contributed by atoms with Crippen LogP contribution in [-0.4, -0.2) is 23.8 Å². The summed E-state index contributed by atoms with van der Waals surface area (Å²) in [5, 5.41) is 0. The van der Waals surface area contributed by atoms with Crippen LogP contribution in [0.4, 0.5) is 0 Å². The van der Waals surface area contributed by atoms with Gasteiger partial charge in [0, 0.05) is 31.6 Å². The van der Waals surface area contributed by atoms with Crippen molar-refractivity contribution in [3.05, 3.63) is 24.0 Å². The first-order valence-corrected chi connectivity index (χ1v) is 8.12. The molecule has 1 aliphatic heterocycles. The Morgan fingerprint density at radius 3 is 2.61 bits per heavy atom. The van der Waals surface area contributed by atoms with Gasteiger partial charge in [-0.2, -0.15) is 0 Å². The summed E-state index contributed by atoms with van der Waals surface area (Å²) in [6.07, 6.45) is 2.79. The predicted octanol–water partition coefficient (Wildman–Crippen LogP) is 2.96. The largest absolute Gasteiger partial charge is 0.462 e. The summed E-state index contributed by atoms with van der Waals surface area (Å²) in [6.45, 7) is 11.1. The summed E-state index contributed by atoms with van der Waals surface area (Å²) in [5.74, 6) is -0.0461. The highest BCUT2D eigenvalue weighted by Gasteiger charge is 2.70. The monoisotopic (exact) mass is 320 g/mol.